The number of methoxy groups -OCH3 is 1. The van der Waals surface area contributed by atoms with Crippen LogP contribution in [0.1, 0.15) is 31.2 Å². The minimum absolute atomic E-state index is 0.0699. The van der Waals surface area contributed by atoms with Crippen molar-refractivity contribution in [3.8, 4) is 0 Å². The van der Waals surface area contributed by atoms with Crippen molar-refractivity contribution in [2.75, 3.05) is 31.6 Å². The fourth-order valence-electron chi connectivity index (χ4n) is 3.62. The second-order valence-corrected chi connectivity index (χ2v) is 8.63. The van der Waals surface area contributed by atoms with Gasteiger partial charge in [0.1, 0.15) is 0 Å². The highest BCUT2D eigenvalue weighted by atomic mass is 32.2. The van der Waals surface area contributed by atoms with Gasteiger partial charge in [0.15, 0.2) is 0 Å². The predicted octanol–water partition coefficient (Wildman–Crippen LogP) is 1.63. The summed E-state index contributed by atoms with van der Waals surface area (Å²) in [6.07, 6.45) is 2.04. The zero-order chi connectivity index (χ0) is 19.6. The lowest BCUT2D eigenvalue weighted by Crippen LogP contribution is -2.46. The lowest BCUT2D eigenvalue weighted by atomic mass is 10.1. The highest BCUT2D eigenvalue weighted by Gasteiger charge is 2.28. The summed E-state index contributed by atoms with van der Waals surface area (Å²) in [7, 11) is -2.34. The Bertz CT molecular complexity index is 831. The molecule has 0 atom stereocenters. The normalized spacial score (nSPS) is 18.8. The van der Waals surface area contributed by atoms with Crippen LogP contribution >= 0.6 is 0 Å². The maximum Gasteiger partial charge on any atom is 0.409 e. The van der Waals surface area contributed by atoms with E-state index in [2.05, 4.69) is 4.72 Å². The van der Waals surface area contributed by atoms with Crippen LogP contribution in [0.15, 0.2) is 23.1 Å². The van der Waals surface area contributed by atoms with Crippen LogP contribution in [-0.2, 0) is 19.6 Å². The molecule has 0 bridgehead atoms. The number of anilines is 1. The molecular weight excluding hydrogens is 370 g/mol. The van der Waals surface area contributed by atoms with Crippen LogP contribution in [0.25, 0.3) is 0 Å². The number of amides is 2. The van der Waals surface area contributed by atoms with Crippen LogP contribution < -0.4 is 9.62 Å². The summed E-state index contributed by atoms with van der Waals surface area (Å²) in [6, 6.07) is 4.76. The molecule has 8 nitrogen and oxygen atoms in total. The van der Waals surface area contributed by atoms with Crippen molar-refractivity contribution in [2.24, 2.45) is 0 Å². The molecule has 2 heterocycles. The maximum atomic E-state index is 12.8. The van der Waals surface area contributed by atoms with Gasteiger partial charge in [0.2, 0.25) is 15.9 Å². The van der Waals surface area contributed by atoms with E-state index in [9.17, 15) is 18.0 Å². The molecule has 1 N–H and O–H groups in total. The Hall–Kier alpha value is -2.13. The van der Waals surface area contributed by atoms with Gasteiger partial charge in [0, 0.05) is 37.8 Å². The molecule has 1 aromatic rings. The Morgan fingerprint density at radius 3 is 2.48 bits per heavy atom. The first-order chi connectivity index (χ1) is 12.8. The molecule has 2 fully saturated rings. The van der Waals surface area contributed by atoms with Crippen LogP contribution in [0.2, 0.25) is 0 Å². The lowest BCUT2D eigenvalue weighted by Gasteiger charge is -2.31. The topological polar surface area (TPSA) is 96.0 Å². The molecule has 148 valence electrons. The number of nitrogens with one attached hydrogen (secondary N) is 1. The van der Waals surface area contributed by atoms with Gasteiger partial charge in [-0.25, -0.2) is 17.9 Å². The van der Waals surface area contributed by atoms with Crippen molar-refractivity contribution in [3.63, 3.8) is 0 Å². The summed E-state index contributed by atoms with van der Waals surface area (Å²) in [5.41, 5.74) is 1.34. The maximum absolute atomic E-state index is 12.8. The number of nitrogens with zero attached hydrogens (tertiary/aromatic N) is 2. The van der Waals surface area contributed by atoms with Crippen molar-refractivity contribution in [1.29, 1.82) is 0 Å². The van der Waals surface area contributed by atoms with Crippen LogP contribution in [-0.4, -0.2) is 58.1 Å². The number of aryl methyl sites for hydroxylation is 1. The van der Waals surface area contributed by atoms with Crippen molar-refractivity contribution < 1.29 is 22.7 Å². The number of ether oxygens (including phenoxy) is 1. The van der Waals surface area contributed by atoms with E-state index in [1.54, 1.807) is 34.9 Å². The Kier molecular flexibility index (Phi) is 5.71. The number of carbonyl (C=O) groups excluding carboxylic acids is 2. The van der Waals surface area contributed by atoms with Gasteiger partial charge in [-0.3, -0.25) is 4.79 Å². The zero-order valence-corrected chi connectivity index (χ0v) is 16.4. The van der Waals surface area contributed by atoms with Gasteiger partial charge >= 0.3 is 6.09 Å². The third kappa shape index (κ3) is 4.24. The summed E-state index contributed by atoms with van der Waals surface area (Å²) in [6.45, 7) is 3.31. The molecule has 0 saturated carbocycles. The number of likely N-dealkylation sites (tertiary alicyclic amines) is 1. The smallest absolute Gasteiger partial charge is 0.409 e. The molecule has 2 aliphatic heterocycles. The second-order valence-electron chi connectivity index (χ2n) is 6.95. The Labute approximate surface area is 159 Å². The van der Waals surface area contributed by atoms with Crippen LogP contribution in [0, 0.1) is 6.92 Å². The van der Waals surface area contributed by atoms with Gasteiger partial charge in [-0.2, -0.15) is 0 Å². The molecule has 2 aliphatic rings. The van der Waals surface area contributed by atoms with E-state index < -0.39 is 10.0 Å². The number of benzene rings is 1. The average molecular weight is 395 g/mol. The molecular formula is C18H25N3O5S. The molecule has 0 aromatic heterocycles. The fraction of sp³-hybridized carbons (Fsp3) is 0.556. The third-order valence-corrected chi connectivity index (χ3v) is 6.76. The van der Waals surface area contributed by atoms with E-state index in [-0.39, 0.29) is 22.9 Å². The number of sulfonamides is 1. The minimum Gasteiger partial charge on any atom is -0.453 e. The monoisotopic (exact) mass is 395 g/mol. The van der Waals surface area contributed by atoms with Crippen LogP contribution in [0.4, 0.5) is 10.5 Å². The number of carbonyl (C=O) groups is 2. The molecule has 2 amide bonds. The first kappa shape index (κ1) is 19.6. The summed E-state index contributed by atoms with van der Waals surface area (Å²) < 4.78 is 33.0. The lowest BCUT2D eigenvalue weighted by molar-refractivity contribution is -0.117. The summed E-state index contributed by atoms with van der Waals surface area (Å²) in [4.78, 5) is 26.9. The summed E-state index contributed by atoms with van der Waals surface area (Å²) >= 11 is 0. The van der Waals surface area contributed by atoms with E-state index in [1.807, 2.05) is 0 Å². The van der Waals surface area contributed by atoms with E-state index in [0.717, 1.165) is 12.1 Å². The second kappa shape index (κ2) is 7.85. The molecule has 0 spiro atoms. The molecule has 2 saturated heterocycles. The molecule has 0 radical (unpaired) electrons. The number of rotatable bonds is 4. The van der Waals surface area contributed by atoms with E-state index in [4.69, 9.17) is 4.74 Å². The summed E-state index contributed by atoms with van der Waals surface area (Å²) in [5.74, 6) is 0.0699. The number of piperidine rings is 1. The SMILES string of the molecule is COC(=O)N1CCC(NS(=O)(=O)c2ccc(N3CCCC3=O)cc2C)CC1. The Morgan fingerprint density at radius 2 is 1.93 bits per heavy atom. The largest absolute Gasteiger partial charge is 0.453 e. The van der Waals surface area contributed by atoms with Gasteiger partial charge < -0.3 is 14.5 Å². The molecule has 9 heteroatoms. The van der Waals surface area contributed by atoms with Gasteiger partial charge in [0.25, 0.3) is 0 Å². The van der Waals surface area contributed by atoms with Crippen LogP contribution in [0.5, 0.6) is 0 Å². The average Bonchev–Trinajstić information content (AvgIpc) is 3.07. The van der Waals surface area contributed by atoms with Gasteiger partial charge in [-0.15, -0.1) is 0 Å². The van der Waals surface area contributed by atoms with Crippen molar-refractivity contribution in [2.45, 2.75) is 43.5 Å². The predicted molar refractivity (Wildman–Crippen MR) is 100 cm³/mol. The number of hydrogen-bond donors (Lipinski definition) is 1. The quantitative estimate of drug-likeness (QED) is 0.836. The fourth-order valence-corrected chi connectivity index (χ4v) is 5.15. The van der Waals surface area contributed by atoms with Crippen molar-refractivity contribution >= 4 is 27.7 Å². The van der Waals surface area contributed by atoms with Crippen LogP contribution in [0.3, 0.4) is 0 Å². The molecule has 0 unspecified atom stereocenters. The third-order valence-electron chi connectivity index (χ3n) is 5.08. The van der Waals surface area contributed by atoms with E-state index in [0.29, 0.717) is 44.5 Å². The van der Waals surface area contributed by atoms with Gasteiger partial charge in [-0.05, 0) is 49.9 Å². The highest BCUT2D eigenvalue weighted by molar-refractivity contribution is 7.89. The molecule has 3 rings (SSSR count). The zero-order valence-electron chi connectivity index (χ0n) is 15.6. The van der Waals surface area contributed by atoms with Gasteiger partial charge in [-0.1, -0.05) is 0 Å². The minimum atomic E-state index is -3.68. The van der Waals surface area contributed by atoms with E-state index in [1.165, 1.54) is 7.11 Å². The highest BCUT2D eigenvalue weighted by Crippen LogP contribution is 2.26. The number of hydrogen-bond acceptors (Lipinski definition) is 5. The van der Waals surface area contributed by atoms with Gasteiger partial charge in [0.05, 0.1) is 12.0 Å². The summed E-state index contributed by atoms with van der Waals surface area (Å²) in [5, 5.41) is 0. The molecule has 1 aromatic carbocycles. The standard InChI is InChI=1S/C18H25N3O5S/c1-13-12-15(21-9-3-4-17(21)22)5-6-16(13)27(24,25)19-14-7-10-20(11-8-14)18(23)26-2/h5-6,12,14,19H,3-4,7-11H2,1-2H3. The Morgan fingerprint density at radius 1 is 1.22 bits per heavy atom. The first-order valence-corrected chi connectivity index (χ1v) is 10.6. The first-order valence-electron chi connectivity index (χ1n) is 9.08. The Balaban J connectivity index is 1.68. The van der Waals surface area contributed by atoms with Crippen molar-refractivity contribution in [1.82, 2.24) is 9.62 Å². The van der Waals surface area contributed by atoms with E-state index >= 15 is 0 Å². The van der Waals surface area contributed by atoms with Crippen molar-refractivity contribution in [3.05, 3.63) is 23.8 Å². The molecule has 0 aliphatic carbocycles. The molecule has 27 heavy (non-hydrogen) atoms.